The van der Waals surface area contributed by atoms with Gasteiger partial charge in [-0.05, 0) is 45.2 Å². The first-order valence-corrected chi connectivity index (χ1v) is 5.29. The SMILES string of the molecule is CN1C(=S)NC2(C)N1C(=S)NC2(C)C. The fraction of sp³-hybridized carbons (Fsp3) is 0.750. The van der Waals surface area contributed by atoms with Crippen LogP contribution in [0.3, 0.4) is 0 Å². The number of hydrogen-bond donors (Lipinski definition) is 2. The van der Waals surface area contributed by atoms with Gasteiger partial charge in [-0.15, -0.1) is 0 Å². The summed E-state index contributed by atoms with van der Waals surface area (Å²) in [5, 5.41) is 11.9. The van der Waals surface area contributed by atoms with E-state index < -0.39 is 0 Å². The molecule has 2 heterocycles. The van der Waals surface area contributed by atoms with E-state index in [2.05, 4.69) is 31.4 Å². The van der Waals surface area contributed by atoms with Gasteiger partial charge < -0.3 is 10.6 Å². The highest BCUT2D eigenvalue weighted by atomic mass is 32.1. The molecular weight excluding hydrogens is 216 g/mol. The maximum absolute atomic E-state index is 5.28. The third kappa shape index (κ3) is 0.926. The Balaban J connectivity index is 2.49. The first-order chi connectivity index (χ1) is 6.29. The molecule has 0 saturated carbocycles. The maximum atomic E-state index is 5.28. The van der Waals surface area contributed by atoms with Crippen LogP contribution in [0, 0.1) is 0 Å². The van der Waals surface area contributed by atoms with Gasteiger partial charge in [-0.3, -0.25) is 5.01 Å². The molecule has 1 atom stereocenters. The predicted octanol–water partition coefficient (Wildman–Crippen LogP) is 0.406. The summed E-state index contributed by atoms with van der Waals surface area (Å²) in [5.41, 5.74) is -0.408. The zero-order chi connectivity index (χ0) is 10.7. The van der Waals surface area contributed by atoms with Crippen molar-refractivity contribution >= 4 is 34.7 Å². The molecule has 0 amide bonds. The molecule has 2 saturated heterocycles. The number of fused-ring (bicyclic) bond motifs is 1. The molecule has 4 nitrogen and oxygen atoms in total. The van der Waals surface area contributed by atoms with Gasteiger partial charge in [-0.1, -0.05) is 0 Å². The predicted molar refractivity (Wildman–Crippen MR) is 63.6 cm³/mol. The fourth-order valence-corrected chi connectivity index (χ4v) is 2.78. The molecule has 0 aliphatic carbocycles. The van der Waals surface area contributed by atoms with Gasteiger partial charge in [0.2, 0.25) is 0 Å². The topological polar surface area (TPSA) is 30.5 Å². The Hall–Kier alpha value is -0.620. The molecule has 78 valence electrons. The van der Waals surface area contributed by atoms with Crippen LogP contribution in [0.2, 0.25) is 0 Å². The molecular formula is C8H14N4S2. The van der Waals surface area contributed by atoms with Crippen LogP contribution >= 0.6 is 24.4 Å². The van der Waals surface area contributed by atoms with E-state index in [1.807, 2.05) is 17.1 Å². The van der Waals surface area contributed by atoms with Crippen LogP contribution in [0.5, 0.6) is 0 Å². The van der Waals surface area contributed by atoms with Crippen LogP contribution in [0.1, 0.15) is 20.8 Å². The molecule has 2 N–H and O–H groups in total. The number of thiocarbonyl (C=S) groups is 2. The second kappa shape index (κ2) is 2.49. The standard InChI is InChI=1S/C8H14N4S2/c1-7(2)8(3)10-5(13)11(4)12(8)6(14)9-7/h1-4H3,(H,9,14)(H,10,13). The van der Waals surface area contributed by atoms with Crippen molar-refractivity contribution in [2.45, 2.75) is 32.0 Å². The van der Waals surface area contributed by atoms with E-state index in [0.29, 0.717) is 10.2 Å². The third-order valence-corrected chi connectivity index (χ3v) is 3.84. The van der Waals surface area contributed by atoms with E-state index in [-0.39, 0.29) is 11.2 Å². The highest BCUT2D eigenvalue weighted by Gasteiger charge is 2.59. The molecule has 0 radical (unpaired) electrons. The lowest BCUT2D eigenvalue weighted by Crippen LogP contribution is -2.60. The van der Waals surface area contributed by atoms with Crippen molar-refractivity contribution in [2.75, 3.05) is 7.05 Å². The minimum atomic E-state index is -0.268. The molecule has 0 aromatic carbocycles. The molecule has 2 aliphatic rings. The largest absolute Gasteiger partial charge is 0.352 e. The molecule has 2 aliphatic heterocycles. The number of rotatable bonds is 0. The monoisotopic (exact) mass is 230 g/mol. The van der Waals surface area contributed by atoms with Gasteiger partial charge in [0.15, 0.2) is 15.9 Å². The number of hydrogen-bond acceptors (Lipinski definition) is 2. The molecule has 2 fully saturated rings. The van der Waals surface area contributed by atoms with E-state index in [1.54, 1.807) is 0 Å². The summed E-state index contributed by atoms with van der Waals surface area (Å²) in [5.74, 6) is 0. The van der Waals surface area contributed by atoms with Crippen molar-refractivity contribution in [1.82, 2.24) is 20.7 Å². The fourth-order valence-electron chi connectivity index (χ4n) is 1.94. The normalized spacial score (nSPS) is 34.3. The van der Waals surface area contributed by atoms with E-state index in [4.69, 9.17) is 24.4 Å². The lowest BCUT2D eigenvalue weighted by Gasteiger charge is -2.37. The van der Waals surface area contributed by atoms with Crippen LogP contribution in [0.4, 0.5) is 0 Å². The average molecular weight is 230 g/mol. The van der Waals surface area contributed by atoms with Crippen molar-refractivity contribution < 1.29 is 0 Å². The lowest BCUT2D eigenvalue weighted by molar-refractivity contribution is 0.0590. The Kier molecular flexibility index (Phi) is 1.76. The van der Waals surface area contributed by atoms with E-state index in [9.17, 15) is 0 Å². The quantitative estimate of drug-likeness (QED) is 0.586. The summed E-state index contributed by atoms with van der Waals surface area (Å²) < 4.78 is 0. The molecule has 0 bridgehead atoms. The first-order valence-electron chi connectivity index (χ1n) is 4.48. The van der Waals surface area contributed by atoms with Crippen LogP contribution in [0.15, 0.2) is 0 Å². The summed E-state index contributed by atoms with van der Waals surface area (Å²) >= 11 is 10.5. The van der Waals surface area contributed by atoms with Gasteiger partial charge in [0.1, 0.15) is 0 Å². The molecule has 0 aromatic heterocycles. The van der Waals surface area contributed by atoms with Gasteiger partial charge in [-0.2, -0.15) is 0 Å². The molecule has 0 spiro atoms. The highest BCUT2D eigenvalue weighted by molar-refractivity contribution is 7.80. The average Bonchev–Trinajstić information content (AvgIpc) is 2.31. The van der Waals surface area contributed by atoms with Gasteiger partial charge in [0.25, 0.3) is 0 Å². The smallest absolute Gasteiger partial charge is 0.190 e. The van der Waals surface area contributed by atoms with Gasteiger partial charge in [-0.25, -0.2) is 5.01 Å². The maximum Gasteiger partial charge on any atom is 0.190 e. The van der Waals surface area contributed by atoms with Crippen LogP contribution in [0.25, 0.3) is 0 Å². The van der Waals surface area contributed by atoms with Crippen molar-refractivity contribution in [3.63, 3.8) is 0 Å². The van der Waals surface area contributed by atoms with E-state index >= 15 is 0 Å². The molecule has 6 heteroatoms. The zero-order valence-electron chi connectivity index (χ0n) is 8.71. The van der Waals surface area contributed by atoms with Gasteiger partial charge in [0.05, 0.1) is 5.54 Å². The Morgan fingerprint density at radius 2 is 1.64 bits per heavy atom. The van der Waals surface area contributed by atoms with Crippen LogP contribution in [-0.4, -0.2) is 38.5 Å². The zero-order valence-corrected chi connectivity index (χ0v) is 10.3. The minimum absolute atomic E-state index is 0.140. The van der Waals surface area contributed by atoms with E-state index in [0.717, 1.165) is 0 Å². The van der Waals surface area contributed by atoms with Crippen LogP contribution in [-0.2, 0) is 0 Å². The highest BCUT2D eigenvalue weighted by Crippen LogP contribution is 2.36. The van der Waals surface area contributed by atoms with Crippen molar-refractivity contribution in [3.8, 4) is 0 Å². The molecule has 2 rings (SSSR count). The van der Waals surface area contributed by atoms with Crippen molar-refractivity contribution in [3.05, 3.63) is 0 Å². The summed E-state index contributed by atoms with van der Waals surface area (Å²) in [6.45, 7) is 6.30. The number of nitrogens with zero attached hydrogens (tertiary/aromatic N) is 2. The Morgan fingerprint density at radius 1 is 1.07 bits per heavy atom. The van der Waals surface area contributed by atoms with Crippen molar-refractivity contribution in [2.24, 2.45) is 0 Å². The van der Waals surface area contributed by atoms with Gasteiger partial charge >= 0.3 is 0 Å². The first kappa shape index (κ1) is 9.92. The molecule has 0 aromatic rings. The minimum Gasteiger partial charge on any atom is -0.352 e. The summed E-state index contributed by atoms with van der Waals surface area (Å²) in [7, 11) is 1.91. The third-order valence-electron chi connectivity index (χ3n) is 3.20. The van der Waals surface area contributed by atoms with Gasteiger partial charge in [0, 0.05) is 7.05 Å². The number of nitrogens with one attached hydrogen (secondary N) is 2. The molecule has 14 heavy (non-hydrogen) atoms. The Labute approximate surface area is 94.6 Å². The second-order valence-electron chi connectivity index (χ2n) is 4.39. The van der Waals surface area contributed by atoms with E-state index in [1.165, 1.54) is 0 Å². The number of hydrazine groups is 1. The summed E-state index contributed by atoms with van der Waals surface area (Å²) in [6, 6.07) is 0. The Morgan fingerprint density at radius 3 is 2.14 bits per heavy atom. The summed E-state index contributed by atoms with van der Waals surface area (Å²) in [4.78, 5) is 0. The molecule has 1 unspecified atom stereocenters. The van der Waals surface area contributed by atoms with Crippen LogP contribution < -0.4 is 10.6 Å². The lowest BCUT2D eigenvalue weighted by atomic mass is 9.91. The second-order valence-corrected chi connectivity index (χ2v) is 5.17. The van der Waals surface area contributed by atoms with Crippen molar-refractivity contribution in [1.29, 1.82) is 0 Å². The Bertz CT molecular complexity index is 327. The summed E-state index contributed by atoms with van der Waals surface area (Å²) in [6.07, 6.45) is 0.